The number of aryl methyl sites for hydroxylation is 1. The molecule has 20 heavy (non-hydrogen) atoms. The molecule has 1 fully saturated rings. The lowest BCUT2D eigenvalue weighted by molar-refractivity contribution is 0.335. The fraction of sp³-hybridized carbons (Fsp3) is 0.600. The van der Waals surface area contributed by atoms with Crippen molar-refractivity contribution in [2.75, 3.05) is 7.05 Å². The van der Waals surface area contributed by atoms with Gasteiger partial charge in [-0.3, -0.25) is 0 Å². The highest BCUT2D eigenvalue weighted by atomic mass is 79.9. The zero-order valence-electron chi connectivity index (χ0n) is 12.1. The lowest BCUT2D eigenvalue weighted by Gasteiger charge is -2.26. The topological polar surface area (TPSA) is 37.4 Å². The van der Waals surface area contributed by atoms with Crippen molar-refractivity contribution in [2.45, 2.75) is 56.4 Å². The number of nitrogens with zero attached hydrogens (tertiary/aromatic N) is 1. The molecule has 0 bridgehead atoms. The summed E-state index contributed by atoms with van der Waals surface area (Å²) in [6, 6.07) is 5.38. The molecule has 1 aromatic rings. The summed E-state index contributed by atoms with van der Waals surface area (Å²) in [5.74, 6) is 0. The van der Waals surface area contributed by atoms with Gasteiger partial charge in [0.25, 0.3) is 0 Å². The molecule has 3 nitrogen and oxygen atoms in total. The van der Waals surface area contributed by atoms with Crippen LogP contribution in [0.2, 0.25) is 0 Å². The molecule has 2 rings (SSSR count). The van der Waals surface area contributed by atoms with E-state index in [4.69, 9.17) is 0 Å². The Hall–Kier alpha value is -0.390. The van der Waals surface area contributed by atoms with Crippen molar-refractivity contribution in [3.8, 4) is 0 Å². The molecule has 112 valence electrons. The molecule has 1 aliphatic carbocycles. The Morgan fingerprint density at radius 3 is 2.30 bits per heavy atom. The van der Waals surface area contributed by atoms with Crippen LogP contribution < -0.4 is 0 Å². The molecule has 0 aromatic heterocycles. The minimum absolute atomic E-state index is 0.145. The molecule has 0 radical (unpaired) electrons. The predicted molar refractivity (Wildman–Crippen MR) is 85.3 cm³/mol. The highest BCUT2D eigenvalue weighted by Gasteiger charge is 2.28. The van der Waals surface area contributed by atoms with Crippen molar-refractivity contribution >= 4 is 26.0 Å². The average Bonchev–Trinajstić information content (AvgIpc) is 2.69. The van der Waals surface area contributed by atoms with Crippen molar-refractivity contribution < 1.29 is 8.42 Å². The summed E-state index contributed by atoms with van der Waals surface area (Å²) in [6.07, 6.45) is 6.66. The maximum atomic E-state index is 12.7. The number of benzene rings is 1. The Kier molecular flexibility index (Phi) is 5.26. The molecule has 0 N–H and O–H groups in total. The molecule has 1 aromatic carbocycles. The first-order valence-electron chi connectivity index (χ1n) is 7.17. The van der Waals surface area contributed by atoms with E-state index >= 15 is 0 Å². The molecule has 0 heterocycles. The van der Waals surface area contributed by atoms with Gasteiger partial charge in [0.1, 0.15) is 0 Å². The van der Waals surface area contributed by atoms with Crippen LogP contribution in [0.1, 0.15) is 44.1 Å². The maximum absolute atomic E-state index is 12.7. The Balaban J connectivity index is 2.26. The van der Waals surface area contributed by atoms with Gasteiger partial charge < -0.3 is 0 Å². The molecular formula is C15H22BrNO2S. The Bertz CT molecular complexity index is 563. The quantitative estimate of drug-likeness (QED) is 0.761. The largest absolute Gasteiger partial charge is 0.243 e. The van der Waals surface area contributed by atoms with Crippen LogP contribution >= 0.6 is 15.9 Å². The van der Waals surface area contributed by atoms with Crippen LogP contribution in [0, 0.1) is 6.92 Å². The van der Waals surface area contributed by atoms with Crippen LogP contribution in [-0.2, 0) is 10.0 Å². The van der Waals surface area contributed by atoms with E-state index in [9.17, 15) is 8.42 Å². The average molecular weight is 360 g/mol. The summed E-state index contributed by atoms with van der Waals surface area (Å²) in [5.41, 5.74) is 0.945. The van der Waals surface area contributed by atoms with Gasteiger partial charge in [-0.1, -0.05) is 41.6 Å². The first-order chi connectivity index (χ1) is 9.43. The fourth-order valence-electron chi connectivity index (χ4n) is 2.76. The normalized spacial score (nSPS) is 18.2. The van der Waals surface area contributed by atoms with Gasteiger partial charge in [0.05, 0.1) is 4.90 Å². The van der Waals surface area contributed by atoms with E-state index in [0.29, 0.717) is 4.90 Å². The molecule has 0 amide bonds. The summed E-state index contributed by atoms with van der Waals surface area (Å²) in [5, 5.41) is 0. The highest BCUT2D eigenvalue weighted by Crippen LogP contribution is 2.27. The van der Waals surface area contributed by atoms with Crippen molar-refractivity contribution in [3.63, 3.8) is 0 Å². The predicted octanol–water partition coefficient (Wildman–Crippen LogP) is 4.10. The van der Waals surface area contributed by atoms with Crippen molar-refractivity contribution in [2.24, 2.45) is 0 Å². The van der Waals surface area contributed by atoms with Gasteiger partial charge in [-0.15, -0.1) is 0 Å². The van der Waals surface area contributed by atoms with Crippen molar-refractivity contribution in [3.05, 3.63) is 28.2 Å². The second-order valence-electron chi connectivity index (χ2n) is 5.58. The molecule has 0 spiro atoms. The zero-order valence-corrected chi connectivity index (χ0v) is 14.5. The smallest absolute Gasteiger partial charge is 0.207 e. The Labute approximate surface area is 130 Å². The van der Waals surface area contributed by atoms with Gasteiger partial charge in [0, 0.05) is 17.6 Å². The summed E-state index contributed by atoms with van der Waals surface area (Å²) in [7, 11) is -1.66. The second-order valence-corrected chi connectivity index (χ2v) is 8.43. The van der Waals surface area contributed by atoms with Gasteiger partial charge in [-0.25, -0.2) is 8.42 Å². The summed E-state index contributed by atoms with van der Waals surface area (Å²) in [6.45, 7) is 1.91. The number of rotatable bonds is 3. The third-order valence-corrected chi connectivity index (χ3v) is 6.94. The second kappa shape index (κ2) is 6.58. The lowest BCUT2D eigenvalue weighted by Crippen LogP contribution is -2.36. The standard InChI is InChI=1S/C15H22BrNO2S/c1-12-11-14(9-10-15(12)16)20(18,19)17(2)13-7-5-3-4-6-8-13/h9-11,13H,3-8H2,1-2H3. The third-order valence-electron chi connectivity index (χ3n) is 4.15. The molecule has 0 atom stereocenters. The number of halogens is 1. The van der Waals surface area contributed by atoms with E-state index in [2.05, 4.69) is 15.9 Å². The molecule has 1 aliphatic rings. The number of hydrogen-bond donors (Lipinski definition) is 0. The summed E-state index contributed by atoms with van der Waals surface area (Å²) in [4.78, 5) is 0.393. The van der Waals surface area contributed by atoms with Crippen LogP contribution in [0.25, 0.3) is 0 Å². The van der Waals surface area contributed by atoms with Crippen LogP contribution in [0.4, 0.5) is 0 Å². The van der Waals surface area contributed by atoms with Crippen LogP contribution in [0.3, 0.4) is 0 Å². The summed E-state index contributed by atoms with van der Waals surface area (Å²) < 4.78 is 28.0. The van der Waals surface area contributed by atoms with E-state index in [1.54, 1.807) is 23.5 Å². The first kappa shape index (κ1) is 16.0. The van der Waals surface area contributed by atoms with E-state index < -0.39 is 10.0 Å². The van der Waals surface area contributed by atoms with Crippen LogP contribution in [0.15, 0.2) is 27.6 Å². The SMILES string of the molecule is Cc1cc(S(=O)(=O)N(C)C2CCCCCC2)ccc1Br. The van der Waals surface area contributed by atoms with E-state index in [1.807, 2.05) is 13.0 Å². The monoisotopic (exact) mass is 359 g/mol. The summed E-state index contributed by atoms with van der Waals surface area (Å²) >= 11 is 3.41. The molecule has 5 heteroatoms. The van der Waals surface area contributed by atoms with Crippen LogP contribution in [0.5, 0.6) is 0 Å². The van der Waals surface area contributed by atoms with Gasteiger partial charge in [-0.05, 0) is 43.5 Å². The van der Waals surface area contributed by atoms with Crippen molar-refractivity contribution in [1.82, 2.24) is 4.31 Å². The minimum Gasteiger partial charge on any atom is -0.207 e. The van der Waals surface area contributed by atoms with E-state index in [-0.39, 0.29) is 6.04 Å². The third kappa shape index (κ3) is 3.43. The number of hydrogen-bond acceptors (Lipinski definition) is 2. The minimum atomic E-state index is -3.38. The highest BCUT2D eigenvalue weighted by molar-refractivity contribution is 9.10. The maximum Gasteiger partial charge on any atom is 0.243 e. The van der Waals surface area contributed by atoms with Gasteiger partial charge >= 0.3 is 0 Å². The van der Waals surface area contributed by atoms with Crippen LogP contribution in [-0.4, -0.2) is 25.8 Å². The van der Waals surface area contributed by atoms with Gasteiger partial charge in [0.2, 0.25) is 10.0 Å². The molecule has 0 aliphatic heterocycles. The van der Waals surface area contributed by atoms with E-state index in [0.717, 1.165) is 35.7 Å². The lowest BCUT2D eigenvalue weighted by atomic mass is 10.1. The molecule has 0 unspecified atom stereocenters. The molecule has 0 saturated heterocycles. The van der Waals surface area contributed by atoms with Gasteiger partial charge in [0.15, 0.2) is 0 Å². The molecular weight excluding hydrogens is 338 g/mol. The van der Waals surface area contributed by atoms with Crippen molar-refractivity contribution in [1.29, 1.82) is 0 Å². The Morgan fingerprint density at radius 2 is 1.75 bits per heavy atom. The number of sulfonamides is 1. The first-order valence-corrected chi connectivity index (χ1v) is 9.40. The van der Waals surface area contributed by atoms with Gasteiger partial charge in [-0.2, -0.15) is 4.31 Å². The Morgan fingerprint density at radius 1 is 1.15 bits per heavy atom. The van der Waals surface area contributed by atoms with E-state index in [1.165, 1.54) is 12.8 Å². The fourth-order valence-corrected chi connectivity index (χ4v) is 4.51. The molecule has 1 saturated carbocycles. The zero-order chi connectivity index (χ0) is 14.8.